The third-order valence-corrected chi connectivity index (χ3v) is 2.57. The Morgan fingerprint density at radius 1 is 1.33 bits per heavy atom. The molecule has 0 radical (unpaired) electrons. The van der Waals surface area contributed by atoms with Crippen LogP contribution >= 0.6 is 0 Å². The van der Waals surface area contributed by atoms with Crippen LogP contribution in [0.25, 0.3) is 0 Å². The number of hydrogen-bond donors (Lipinski definition) is 2. The minimum atomic E-state index is 0.130. The van der Waals surface area contributed by atoms with Gasteiger partial charge in [-0.3, -0.25) is 0 Å². The lowest BCUT2D eigenvalue weighted by Gasteiger charge is -2.27. The molecular formula is C12H20N2O. The summed E-state index contributed by atoms with van der Waals surface area (Å²) in [6, 6.07) is 10.4. The Labute approximate surface area is 91.7 Å². The van der Waals surface area contributed by atoms with Crippen LogP contribution in [0.3, 0.4) is 0 Å². The summed E-state index contributed by atoms with van der Waals surface area (Å²) in [5, 5.41) is 12.2. The maximum atomic E-state index is 9.13. The Morgan fingerprint density at radius 2 is 2.00 bits per heavy atom. The summed E-state index contributed by atoms with van der Waals surface area (Å²) >= 11 is 0. The fourth-order valence-corrected chi connectivity index (χ4v) is 1.56. The van der Waals surface area contributed by atoms with E-state index in [1.807, 2.05) is 25.2 Å². The quantitative estimate of drug-likeness (QED) is 0.734. The number of benzene rings is 1. The molecule has 3 heteroatoms. The van der Waals surface area contributed by atoms with E-state index in [1.54, 1.807) is 0 Å². The van der Waals surface area contributed by atoms with Gasteiger partial charge in [-0.15, -0.1) is 0 Å². The molecule has 1 unspecified atom stereocenters. The van der Waals surface area contributed by atoms with Crippen LogP contribution in [0.15, 0.2) is 30.3 Å². The van der Waals surface area contributed by atoms with Crippen LogP contribution in [0.2, 0.25) is 0 Å². The van der Waals surface area contributed by atoms with Crippen LogP contribution < -0.4 is 10.2 Å². The molecule has 0 aliphatic carbocycles. The Bertz CT molecular complexity index is 260. The first-order chi connectivity index (χ1) is 7.31. The van der Waals surface area contributed by atoms with Gasteiger partial charge in [0, 0.05) is 24.8 Å². The summed E-state index contributed by atoms with van der Waals surface area (Å²) < 4.78 is 0. The molecule has 0 fully saturated rings. The van der Waals surface area contributed by atoms with E-state index in [1.165, 1.54) is 5.69 Å². The smallest absolute Gasteiger partial charge is 0.0601 e. The predicted octanol–water partition coefficient (Wildman–Crippen LogP) is 1.09. The number of anilines is 1. The maximum Gasteiger partial charge on any atom is 0.0601 e. The molecular weight excluding hydrogens is 188 g/mol. The lowest BCUT2D eigenvalue weighted by molar-refractivity contribution is 0.250. The fourth-order valence-electron chi connectivity index (χ4n) is 1.56. The highest BCUT2D eigenvalue weighted by molar-refractivity contribution is 5.45. The van der Waals surface area contributed by atoms with Gasteiger partial charge < -0.3 is 15.3 Å². The van der Waals surface area contributed by atoms with Crippen LogP contribution in [0.1, 0.15) is 6.92 Å². The molecule has 1 aromatic rings. The summed E-state index contributed by atoms with van der Waals surface area (Å²) in [5.41, 5.74) is 1.20. The second-order valence-corrected chi connectivity index (χ2v) is 3.54. The lowest BCUT2D eigenvalue weighted by Crippen LogP contribution is -2.41. The highest BCUT2D eigenvalue weighted by atomic mass is 16.3. The monoisotopic (exact) mass is 208 g/mol. The first-order valence-electron chi connectivity index (χ1n) is 5.40. The summed E-state index contributed by atoms with van der Waals surface area (Å²) in [4.78, 5) is 2.25. The number of para-hydroxylation sites is 1. The zero-order valence-corrected chi connectivity index (χ0v) is 9.48. The van der Waals surface area contributed by atoms with Crippen LogP contribution in [0.5, 0.6) is 0 Å². The van der Waals surface area contributed by atoms with Crippen molar-refractivity contribution in [1.82, 2.24) is 5.32 Å². The van der Waals surface area contributed by atoms with Crippen LogP contribution in [0.4, 0.5) is 5.69 Å². The van der Waals surface area contributed by atoms with Crippen molar-refractivity contribution >= 4 is 5.69 Å². The molecule has 0 spiro atoms. The molecule has 0 saturated carbocycles. The molecule has 1 rings (SSSR count). The molecule has 0 aromatic heterocycles. The molecule has 1 atom stereocenters. The lowest BCUT2D eigenvalue weighted by atomic mass is 10.2. The normalized spacial score (nSPS) is 12.5. The number of nitrogens with one attached hydrogen (secondary N) is 1. The van der Waals surface area contributed by atoms with Gasteiger partial charge >= 0.3 is 0 Å². The van der Waals surface area contributed by atoms with Gasteiger partial charge in [0.25, 0.3) is 0 Å². The summed E-state index contributed by atoms with van der Waals surface area (Å²) in [5.74, 6) is 0. The number of likely N-dealkylation sites (N-methyl/N-ethyl adjacent to an activating group) is 2. The van der Waals surface area contributed by atoms with Crippen molar-refractivity contribution in [3.63, 3.8) is 0 Å². The fraction of sp³-hybridized carbons (Fsp3) is 0.500. The molecule has 3 nitrogen and oxygen atoms in total. The molecule has 0 bridgehead atoms. The van der Waals surface area contributed by atoms with E-state index in [9.17, 15) is 0 Å². The molecule has 2 N–H and O–H groups in total. The van der Waals surface area contributed by atoms with E-state index >= 15 is 0 Å². The van der Waals surface area contributed by atoms with Crippen molar-refractivity contribution in [2.75, 3.05) is 31.6 Å². The van der Waals surface area contributed by atoms with Gasteiger partial charge in [0.1, 0.15) is 0 Å². The van der Waals surface area contributed by atoms with Gasteiger partial charge in [0.2, 0.25) is 0 Å². The SMILES string of the molecule is CCN(CC(CO)NC)c1ccccc1. The van der Waals surface area contributed by atoms with E-state index in [4.69, 9.17) is 5.11 Å². The van der Waals surface area contributed by atoms with Gasteiger partial charge in [0.05, 0.1) is 6.61 Å². The second kappa shape index (κ2) is 6.43. The molecule has 15 heavy (non-hydrogen) atoms. The Hall–Kier alpha value is -1.06. The number of nitrogens with zero attached hydrogens (tertiary/aromatic N) is 1. The Kier molecular flexibility index (Phi) is 5.15. The minimum absolute atomic E-state index is 0.130. The summed E-state index contributed by atoms with van der Waals surface area (Å²) in [6.45, 7) is 4.06. The highest BCUT2D eigenvalue weighted by Gasteiger charge is 2.10. The van der Waals surface area contributed by atoms with E-state index in [2.05, 4.69) is 29.3 Å². The average molecular weight is 208 g/mol. The standard InChI is InChI=1S/C12H20N2O/c1-3-14(9-11(10-15)13-2)12-7-5-4-6-8-12/h4-8,11,13,15H,3,9-10H2,1-2H3. The van der Waals surface area contributed by atoms with Crippen molar-refractivity contribution in [3.05, 3.63) is 30.3 Å². The zero-order valence-electron chi connectivity index (χ0n) is 9.48. The van der Waals surface area contributed by atoms with Crippen molar-refractivity contribution in [1.29, 1.82) is 0 Å². The van der Waals surface area contributed by atoms with E-state index in [0.717, 1.165) is 13.1 Å². The highest BCUT2D eigenvalue weighted by Crippen LogP contribution is 2.12. The molecule has 0 aliphatic rings. The van der Waals surface area contributed by atoms with Crippen LogP contribution in [-0.2, 0) is 0 Å². The minimum Gasteiger partial charge on any atom is -0.395 e. The van der Waals surface area contributed by atoms with Crippen LogP contribution in [0, 0.1) is 0 Å². The maximum absolute atomic E-state index is 9.13. The molecule has 0 saturated heterocycles. The third kappa shape index (κ3) is 3.53. The third-order valence-electron chi connectivity index (χ3n) is 2.57. The van der Waals surface area contributed by atoms with E-state index < -0.39 is 0 Å². The van der Waals surface area contributed by atoms with Gasteiger partial charge in [-0.25, -0.2) is 0 Å². The summed E-state index contributed by atoms with van der Waals surface area (Å²) in [6.07, 6.45) is 0. The average Bonchev–Trinajstić information content (AvgIpc) is 2.32. The van der Waals surface area contributed by atoms with Gasteiger partial charge in [-0.2, -0.15) is 0 Å². The van der Waals surface area contributed by atoms with Crippen molar-refractivity contribution in [2.45, 2.75) is 13.0 Å². The van der Waals surface area contributed by atoms with Crippen LogP contribution in [-0.4, -0.2) is 37.9 Å². The molecule has 0 heterocycles. The number of rotatable bonds is 6. The number of aliphatic hydroxyl groups is 1. The predicted molar refractivity (Wildman–Crippen MR) is 64.3 cm³/mol. The summed E-state index contributed by atoms with van der Waals surface area (Å²) in [7, 11) is 1.87. The molecule has 1 aromatic carbocycles. The first-order valence-corrected chi connectivity index (χ1v) is 5.40. The largest absolute Gasteiger partial charge is 0.395 e. The van der Waals surface area contributed by atoms with Crippen molar-refractivity contribution in [3.8, 4) is 0 Å². The van der Waals surface area contributed by atoms with E-state index in [0.29, 0.717) is 0 Å². The molecule has 0 amide bonds. The van der Waals surface area contributed by atoms with E-state index in [-0.39, 0.29) is 12.6 Å². The second-order valence-electron chi connectivity index (χ2n) is 3.54. The Balaban J connectivity index is 2.64. The molecule has 0 aliphatic heterocycles. The van der Waals surface area contributed by atoms with Crippen molar-refractivity contribution < 1.29 is 5.11 Å². The zero-order chi connectivity index (χ0) is 11.1. The first kappa shape index (κ1) is 12.0. The van der Waals surface area contributed by atoms with Gasteiger partial charge in [-0.1, -0.05) is 18.2 Å². The number of aliphatic hydroxyl groups excluding tert-OH is 1. The van der Waals surface area contributed by atoms with Gasteiger partial charge in [-0.05, 0) is 26.1 Å². The topological polar surface area (TPSA) is 35.5 Å². The molecule has 84 valence electrons. The number of hydrogen-bond acceptors (Lipinski definition) is 3. The van der Waals surface area contributed by atoms with Crippen molar-refractivity contribution in [2.24, 2.45) is 0 Å². The Morgan fingerprint density at radius 3 is 2.47 bits per heavy atom. The van der Waals surface area contributed by atoms with Gasteiger partial charge in [0.15, 0.2) is 0 Å².